The fraction of sp³-hybridized carbons (Fsp3) is 0.250. The highest BCUT2D eigenvalue weighted by Gasteiger charge is 2.38. The van der Waals surface area contributed by atoms with Crippen molar-refractivity contribution in [3.63, 3.8) is 0 Å². The fourth-order valence-electron chi connectivity index (χ4n) is 12.3. The quantitative estimate of drug-likeness (QED) is 0.119. The van der Waals surface area contributed by atoms with Crippen LogP contribution in [0.5, 0.6) is 0 Å². The van der Waals surface area contributed by atoms with E-state index in [2.05, 4.69) is 93.7 Å². The van der Waals surface area contributed by atoms with Gasteiger partial charge in [0.2, 0.25) is 0 Å². The van der Waals surface area contributed by atoms with Crippen molar-refractivity contribution in [1.82, 2.24) is 8.80 Å². The third-order valence-corrected chi connectivity index (χ3v) is 14.7. The van der Waals surface area contributed by atoms with Crippen molar-refractivity contribution < 1.29 is 9.59 Å². The largest absolute Gasteiger partial charge is 0.308 e. The normalized spacial score (nSPS) is 23.2. The van der Waals surface area contributed by atoms with Gasteiger partial charge in [-0.05, 0) is 121 Å². The summed E-state index contributed by atoms with van der Waals surface area (Å²) in [6.45, 7) is 0. The van der Waals surface area contributed by atoms with Gasteiger partial charge in [-0.15, -0.1) is 0 Å². The van der Waals surface area contributed by atoms with Gasteiger partial charge in [0.25, 0.3) is 0 Å². The second kappa shape index (κ2) is 8.93. The number of Topliss-reactive ketones (excluding diaryl/α,β-unsaturated/α-hetero) is 2. The Hall–Kier alpha value is -5.48. The summed E-state index contributed by atoms with van der Waals surface area (Å²) in [5.74, 6) is 1.81. The van der Waals surface area contributed by atoms with E-state index in [0.717, 1.165) is 73.5 Å². The Labute approximate surface area is 298 Å². The van der Waals surface area contributed by atoms with E-state index in [1.807, 2.05) is 0 Å². The van der Waals surface area contributed by atoms with Crippen LogP contribution in [-0.2, 0) is 0 Å². The molecule has 16 rings (SSSR count). The van der Waals surface area contributed by atoms with Crippen molar-refractivity contribution in [2.45, 2.75) is 63.2 Å². The van der Waals surface area contributed by atoms with Crippen LogP contribution in [0.3, 0.4) is 0 Å². The second-order valence-corrected chi connectivity index (χ2v) is 16.8. The number of para-hydroxylation sites is 1. The van der Waals surface area contributed by atoms with Crippen LogP contribution in [-0.4, -0.2) is 20.4 Å². The second-order valence-electron chi connectivity index (χ2n) is 16.8. The molecule has 2 fully saturated rings. The molecule has 52 heavy (non-hydrogen) atoms. The summed E-state index contributed by atoms with van der Waals surface area (Å²) >= 11 is 0. The average molecular weight is 671 g/mol. The Balaban J connectivity index is 1.28. The number of ketones is 2. The van der Waals surface area contributed by atoms with Crippen LogP contribution in [0, 0.1) is 11.8 Å². The number of aromatic nitrogens is 2. The molecule has 4 heteroatoms. The minimum atomic E-state index is 0.135. The highest BCUT2D eigenvalue weighted by Crippen LogP contribution is 2.52. The van der Waals surface area contributed by atoms with Crippen LogP contribution >= 0.6 is 0 Å². The smallest absolute Gasteiger partial charge is 0.166 e. The van der Waals surface area contributed by atoms with Crippen molar-refractivity contribution in [2.24, 2.45) is 11.8 Å². The molecule has 0 atom stereocenters. The lowest BCUT2D eigenvalue weighted by Crippen LogP contribution is -2.15. The van der Waals surface area contributed by atoms with Gasteiger partial charge in [-0.3, -0.25) is 9.59 Å². The predicted molar refractivity (Wildman–Crippen MR) is 211 cm³/mol. The molecule has 0 N–H and O–H groups in total. The lowest BCUT2D eigenvalue weighted by atomic mass is 9.82. The first-order valence-electron chi connectivity index (χ1n) is 19.5. The lowest BCUT2D eigenvalue weighted by Gasteiger charge is -2.22. The molecule has 4 bridgehead atoms. The summed E-state index contributed by atoms with van der Waals surface area (Å²) in [7, 11) is 0. The number of hydrogen-bond donors (Lipinski definition) is 0. The number of carbonyl (C=O) groups is 2. The summed E-state index contributed by atoms with van der Waals surface area (Å²) in [6.07, 6.45) is 8.38. The summed E-state index contributed by atoms with van der Waals surface area (Å²) in [4.78, 5) is 28.4. The zero-order valence-corrected chi connectivity index (χ0v) is 28.8. The van der Waals surface area contributed by atoms with E-state index in [4.69, 9.17) is 0 Å². The van der Waals surface area contributed by atoms with Crippen LogP contribution in [0.2, 0.25) is 0 Å². The molecule has 0 unspecified atom stereocenters. The van der Waals surface area contributed by atoms with Crippen molar-refractivity contribution in [3.8, 4) is 0 Å². The van der Waals surface area contributed by atoms with Gasteiger partial charge in [-0.1, -0.05) is 48.5 Å². The van der Waals surface area contributed by atoms with Crippen LogP contribution in [0.15, 0.2) is 84.9 Å². The molecule has 0 amide bonds. The molecule has 10 aromatic rings. The van der Waals surface area contributed by atoms with E-state index in [1.165, 1.54) is 87.1 Å². The van der Waals surface area contributed by atoms with Gasteiger partial charge >= 0.3 is 0 Å². The Bertz CT molecular complexity index is 3300. The van der Waals surface area contributed by atoms with Crippen LogP contribution in [0.4, 0.5) is 0 Å². The van der Waals surface area contributed by atoms with Crippen molar-refractivity contribution >= 4 is 98.5 Å². The number of carbonyl (C=O) groups excluding carboxylic acids is 2. The zero-order chi connectivity index (χ0) is 33.7. The van der Waals surface area contributed by atoms with Crippen molar-refractivity contribution in [3.05, 3.63) is 107 Å². The molecule has 6 aliphatic rings. The number of pyridine rings is 1. The third kappa shape index (κ3) is 2.97. The minimum absolute atomic E-state index is 0.135. The summed E-state index contributed by atoms with van der Waals surface area (Å²) in [6, 6.07) is 32.2. The molecule has 4 nitrogen and oxygen atoms in total. The van der Waals surface area contributed by atoms with Gasteiger partial charge in [0.15, 0.2) is 11.6 Å². The molecular weight excluding hydrogens is 637 g/mol. The van der Waals surface area contributed by atoms with Gasteiger partial charge in [0.05, 0.1) is 33.1 Å². The number of rotatable bonds is 0. The van der Waals surface area contributed by atoms with E-state index in [-0.39, 0.29) is 11.8 Å². The molecule has 248 valence electrons. The number of hydrogen-bond acceptors (Lipinski definition) is 2. The highest BCUT2D eigenvalue weighted by atomic mass is 16.1. The molecular formula is C48H34N2O2. The standard InChI is InChI=1S/C48H34N2O2/c51-47-26-12-8-23(9-13-26)31-18-33-34-20-41-43(30-6-3-4-25-16-17-29-28-5-1-2-7-38(28)49(41)45(29)42(25)30)44-37-19-32-24-10-14-27(15-11-24)48(52)36(32)22-40(37)50(46(34)44)39(33)21-35(31)47/h1-7,16-24,26-27H,8-15H2. The van der Waals surface area contributed by atoms with E-state index in [0.29, 0.717) is 23.4 Å². The van der Waals surface area contributed by atoms with Crippen LogP contribution in [0.25, 0.3) is 87.0 Å². The summed E-state index contributed by atoms with van der Waals surface area (Å²) in [5, 5.41) is 12.7. The maximum atomic E-state index is 14.2. The molecule has 4 heterocycles. The number of nitrogens with zero attached hydrogens (tertiary/aromatic N) is 2. The van der Waals surface area contributed by atoms with Gasteiger partial charge in [-0.25, -0.2) is 0 Å². The Morgan fingerprint density at radius 1 is 0.404 bits per heavy atom. The first kappa shape index (κ1) is 27.2. The third-order valence-electron chi connectivity index (χ3n) is 14.7. The highest BCUT2D eigenvalue weighted by molar-refractivity contribution is 6.39. The predicted octanol–water partition coefficient (Wildman–Crippen LogP) is 12.1. The molecule has 2 saturated carbocycles. The van der Waals surface area contributed by atoms with Crippen LogP contribution < -0.4 is 0 Å². The van der Waals surface area contributed by atoms with Gasteiger partial charge < -0.3 is 8.80 Å². The van der Waals surface area contributed by atoms with Gasteiger partial charge in [-0.2, -0.15) is 0 Å². The Morgan fingerprint density at radius 3 is 1.73 bits per heavy atom. The van der Waals surface area contributed by atoms with E-state index in [9.17, 15) is 9.59 Å². The number of fused-ring (bicyclic) bond motifs is 17. The number of benzene rings is 6. The monoisotopic (exact) mass is 670 g/mol. The van der Waals surface area contributed by atoms with Crippen molar-refractivity contribution in [2.75, 3.05) is 0 Å². The van der Waals surface area contributed by atoms with E-state index in [1.54, 1.807) is 0 Å². The molecule has 0 radical (unpaired) electrons. The van der Waals surface area contributed by atoms with Crippen LogP contribution in [0.1, 0.15) is 95.0 Å². The van der Waals surface area contributed by atoms with E-state index < -0.39 is 0 Å². The fourth-order valence-corrected chi connectivity index (χ4v) is 12.3. The average Bonchev–Trinajstić information content (AvgIpc) is 3.70. The minimum Gasteiger partial charge on any atom is -0.308 e. The molecule has 0 saturated heterocycles. The molecule has 6 aromatic carbocycles. The first-order valence-corrected chi connectivity index (χ1v) is 19.5. The topological polar surface area (TPSA) is 43.0 Å². The summed E-state index contributed by atoms with van der Waals surface area (Å²) < 4.78 is 5.01. The van der Waals surface area contributed by atoms with Crippen molar-refractivity contribution in [1.29, 1.82) is 0 Å². The first-order chi connectivity index (χ1) is 25.6. The van der Waals surface area contributed by atoms with E-state index >= 15 is 0 Å². The van der Waals surface area contributed by atoms with Gasteiger partial charge in [0.1, 0.15) is 0 Å². The molecule has 4 aromatic heterocycles. The zero-order valence-electron chi connectivity index (χ0n) is 28.8. The molecule has 0 spiro atoms. The molecule has 6 aliphatic carbocycles. The maximum absolute atomic E-state index is 14.2. The Morgan fingerprint density at radius 2 is 1.00 bits per heavy atom. The summed E-state index contributed by atoms with van der Waals surface area (Å²) in [5.41, 5.74) is 11.6. The van der Waals surface area contributed by atoms with Gasteiger partial charge in [0, 0.05) is 66.1 Å². The SMILES string of the molecule is O=C1c2cc3c(cc2C2CCC1CC2)c1cc2c(c4cccc5ccc6c7ccccc7n2c6c54)c2c4cc5c(cc4n3c12)C(=O)C1CCC5CC1. The Kier molecular flexibility index (Phi) is 4.67. The molecule has 0 aliphatic heterocycles. The lowest BCUT2D eigenvalue weighted by molar-refractivity contribution is 0.0891. The maximum Gasteiger partial charge on any atom is 0.166 e.